The molecular formula is C18H30N2. The van der Waals surface area contributed by atoms with Crippen molar-refractivity contribution < 1.29 is 0 Å². The van der Waals surface area contributed by atoms with Crippen LogP contribution in [0.2, 0.25) is 0 Å². The molecule has 1 aliphatic heterocycles. The van der Waals surface area contributed by atoms with E-state index >= 15 is 0 Å². The maximum absolute atomic E-state index is 6.41. The van der Waals surface area contributed by atoms with E-state index in [-0.39, 0.29) is 6.04 Å². The van der Waals surface area contributed by atoms with Crippen LogP contribution in [0, 0.1) is 5.92 Å². The van der Waals surface area contributed by atoms with Crippen LogP contribution in [-0.4, -0.2) is 24.0 Å². The molecule has 0 aliphatic carbocycles. The number of piperidine rings is 1. The molecule has 1 aromatic carbocycles. The minimum Gasteiger partial charge on any atom is -0.323 e. The molecule has 3 unspecified atom stereocenters. The normalized spacial score (nSPS) is 25.6. The average Bonchev–Trinajstić information content (AvgIpc) is 2.43. The molecule has 3 atom stereocenters. The molecular weight excluding hydrogens is 244 g/mol. The zero-order chi connectivity index (χ0) is 14.5. The SMILES string of the molecule is CCCc1ccc(C(N)CN2CCC(C)CC2C)cc1. The smallest absolute Gasteiger partial charge is 0.0424 e. The van der Waals surface area contributed by atoms with Gasteiger partial charge in [-0.15, -0.1) is 0 Å². The van der Waals surface area contributed by atoms with E-state index < -0.39 is 0 Å². The molecule has 0 aromatic heterocycles. The highest BCUT2D eigenvalue weighted by Gasteiger charge is 2.24. The summed E-state index contributed by atoms with van der Waals surface area (Å²) in [5.41, 5.74) is 9.10. The Morgan fingerprint density at radius 3 is 2.55 bits per heavy atom. The number of nitrogens with two attached hydrogens (primary N) is 1. The Bertz CT molecular complexity index is 398. The van der Waals surface area contributed by atoms with Gasteiger partial charge in [-0.05, 0) is 49.8 Å². The van der Waals surface area contributed by atoms with Crippen molar-refractivity contribution in [2.24, 2.45) is 11.7 Å². The fraction of sp³-hybridized carbons (Fsp3) is 0.667. The lowest BCUT2D eigenvalue weighted by Crippen LogP contribution is -2.43. The van der Waals surface area contributed by atoms with Crippen LogP contribution in [0.15, 0.2) is 24.3 Å². The summed E-state index contributed by atoms with van der Waals surface area (Å²) in [6.07, 6.45) is 4.99. The van der Waals surface area contributed by atoms with Crippen molar-refractivity contribution in [2.45, 2.75) is 58.5 Å². The lowest BCUT2D eigenvalue weighted by molar-refractivity contribution is 0.122. The molecule has 20 heavy (non-hydrogen) atoms. The number of aryl methyl sites for hydroxylation is 1. The van der Waals surface area contributed by atoms with Gasteiger partial charge in [0, 0.05) is 18.6 Å². The van der Waals surface area contributed by atoms with E-state index in [1.54, 1.807) is 0 Å². The quantitative estimate of drug-likeness (QED) is 0.886. The van der Waals surface area contributed by atoms with Gasteiger partial charge in [-0.3, -0.25) is 4.90 Å². The molecule has 2 rings (SSSR count). The van der Waals surface area contributed by atoms with Gasteiger partial charge in [-0.1, -0.05) is 44.5 Å². The molecule has 1 saturated heterocycles. The minimum absolute atomic E-state index is 0.140. The number of hydrogen-bond donors (Lipinski definition) is 1. The van der Waals surface area contributed by atoms with E-state index in [9.17, 15) is 0 Å². The van der Waals surface area contributed by atoms with Crippen LogP contribution < -0.4 is 5.73 Å². The summed E-state index contributed by atoms with van der Waals surface area (Å²) in [6, 6.07) is 9.71. The Labute approximate surface area is 124 Å². The van der Waals surface area contributed by atoms with Gasteiger partial charge < -0.3 is 5.73 Å². The van der Waals surface area contributed by atoms with Crippen molar-refractivity contribution in [3.8, 4) is 0 Å². The van der Waals surface area contributed by atoms with Crippen molar-refractivity contribution in [3.05, 3.63) is 35.4 Å². The first-order chi connectivity index (χ1) is 9.60. The van der Waals surface area contributed by atoms with Crippen LogP contribution >= 0.6 is 0 Å². The van der Waals surface area contributed by atoms with Crippen LogP contribution in [0.3, 0.4) is 0 Å². The topological polar surface area (TPSA) is 29.3 Å². The van der Waals surface area contributed by atoms with Crippen LogP contribution in [0.1, 0.15) is 57.2 Å². The molecule has 1 heterocycles. The van der Waals surface area contributed by atoms with Gasteiger partial charge in [0.2, 0.25) is 0 Å². The molecule has 2 nitrogen and oxygen atoms in total. The Hall–Kier alpha value is -0.860. The third-order valence-electron chi connectivity index (χ3n) is 4.65. The molecule has 0 spiro atoms. The zero-order valence-corrected chi connectivity index (χ0v) is 13.3. The summed E-state index contributed by atoms with van der Waals surface area (Å²) in [4.78, 5) is 2.56. The number of rotatable bonds is 5. The van der Waals surface area contributed by atoms with E-state index in [1.165, 1.54) is 36.9 Å². The molecule has 0 bridgehead atoms. The summed E-state index contributed by atoms with van der Waals surface area (Å²) < 4.78 is 0. The Morgan fingerprint density at radius 2 is 1.95 bits per heavy atom. The van der Waals surface area contributed by atoms with E-state index in [0.717, 1.165) is 18.9 Å². The molecule has 2 N–H and O–H groups in total. The average molecular weight is 274 g/mol. The van der Waals surface area contributed by atoms with Crippen LogP contribution in [-0.2, 0) is 6.42 Å². The Morgan fingerprint density at radius 1 is 1.25 bits per heavy atom. The predicted molar refractivity (Wildman–Crippen MR) is 86.8 cm³/mol. The van der Waals surface area contributed by atoms with E-state index in [0.29, 0.717) is 6.04 Å². The lowest BCUT2D eigenvalue weighted by Gasteiger charge is -2.38. The van der Waals surface area contributed by atoms with Crippen molar-refractivity contribution in [2.75, 3.05) is 13.1 Å². The number of nitrogens with zero attached hydrogens (tertiary/aromatic N) is 1. The minimum atomic E-state index is 0.140. The van der Waals surface area contributed by atoms with Gasteiger partial charge in [-0.25, -0.2) is 0 Å². The first-order valence-electron chi connectivity index (χ1n) is 8.18. The van der Waals surface area contributed by atoms with Crippen molar-refractivity contribution in [3.63, 3.8) is 0 Å². The fourth-order valence-electron chi connectivity index (χ4n) is 3.31. The Kier molecular flexibility index (Phi) is 5.62. The number of likely N-dealkylation sites (tertiary alicyclic amines) is 1. The molecule has 1 fully saturated rings. The summed E-state index contributed by atoms with van der Waals surface area (Å²) in [5.74, 6) is 0.866. The molecule has 1 aromatic rings. The summed E-state index contributed by atoms with van der Waals surface area (Å²) in [6.45, 7) is 9.11. The third-order valence-corrected chi connectivity index (χ3v) is 4.65. The molecule has 0 amide bonds. The predicted octanol–water partition coefficient (Wildman–Crippen LogP) is 3.76. The van der Waals surface area contributed by atoms with Crippen molar-refractivity contribution in [1.29, 1.82) is 0 Å². The van der Waals surface area contributed by atoms with E-state index in [4.69, 9.17) is 5.73 Å². The first kappa shape index (κ1) is 15.5. The fourth-order valence-corrected chi connectivity index (χ4v) is 3.31. The van der Waals surface area contributed by atoms with Gasteiger partial charge in [0.05, 0.1) is 0 Å². The maximum Gasteiger partial charge on any atom is 0.0424 e. The number of benzene rings is 1. The van der Waals surface area contributed by atoms with Crippen LogP contribution in [0.4, 0.5) is 0 Å². The highest BCUT2D eigenvalue weighted by molar-refractivity contribution is 5.25. The summed E-state index contributed by atoms with van der Waals surface area (Å²) in [7, 11) is 0. The van der Waals surface area contributed by atoms with Crippen molar-refractivity contribution >= 4 is 0 Å². The monoisotopic (exact) mass is 274 g/mol. The molecule has 1 aliphatic rings. The van der Waals surface area contributed by atoms with Gasteiger partial charge >= 0.3 is 0 Å². The van der Waals surface area contributed by atoms with Gasteiger partial charge in [0.1, 0.15) is 0 Å². The summed E-state index contributed by atoms with van der Waals surface area (Å²) >= 11 is 0. The largest absolute Gasteiger partial charge is 0.323 e. The zero-order valence-electron chi connectivity index (χ0n) is 13.3. The molecule has 112 valence electrons. The second kappa shape index (κ2) is 7.24. The van der Waals surface area contributed by atoms with Crippen LogP contribution in [0.5, 0.6) is 0 Å². The van der Waals surface area contributed by atoms with Gasteiger partial charge in [-0.2, -0.15) is 0 Å². The lowest BCUT2D eigenvalue weighted by atomic mass is 9.92. The van der Waals surface area contributed by atoms with Gasteiger partial charge in [0.25, 0.3) is 0 Å². The first-order valence-corrected chi connectivity index (χ1v) is 8.18. The second-order valence-electron chi connectivity index (χ2n) is 6.57. The standard InChI is InChI=1S/C18H30N2/c1-4-5-16-6-8-17(9-7-16)18(19)13-20-11-10-14(2)12-15(20)3/h6-9,14-15,18H,4-5,10-13,19H2,1-3H3. The van der Waals surface area contributed by atoms with Gasteiger partial charge in [0.15, 0.2) is 0 Å². The highest BCUT2D eigenvalue weighted by Crippen LogP contribution is 2.24. The van der Waals surface area contributed by atoms with E-state index in [1.807, 2.05) is 0 Å². The maximum atomic E-state index is 6.41. The molecule has 2 heteroatoms. The van der Waals surface area contributed by atoms with Crippen molar-refractivity contribution in [1.82, 2.24) is 4.90 Å². The molecule has 0 radical (unpaired) electrons. The van der Waals surface area contributed by atoms with E-state index in [2.05, 4.69) is 49.9 Å². The molecule has 0 saturated carbocycles. The van der Waals surface area contributed by atoms with Crippen LogP contribution in [0.25, 0.3) is 0 Å². The number of hydrogen-bond acceptors (Lipinski definition) is 2. The summed E-state index contributed by atoms with van der Waals surface area (Å²) in [5, 5.41) is 0. The highest BCUT2D eigenvalue weighted by atomic mass is 15.2. The Balaban J connectivity index is 1.92. The second-order valence-corrected chi connectivity index (χ2v) is 6.57. The third kappa shape index (κ3) is 4.07.